The first-order chi connectivity index (χ1) is 8.72. The summed E-state index contributed by atoms with van der Waals surface area (Å²) < 4.78 is 10.6. The first-order valence-electron chi connectivity index (χ1n) is 6.19. The average molecular weight is 249 g/mol. The highest BCUT2D eigenvalue weighted by Crippen LogP contribution is 2.33. The summed E-state index contributed by atoms with van der Waals surface area (Å²) in [6.07, 6.45) is 3.07. The third-order valence-corrected chi connectivity index (χ3v) is 3.53. The second-order valence-electron chi connectivity index (χ2n) is 4.92. The minimum Gasteiger partial charge on any atom is -0.512 e. The second-order valence-corrected chi connectivity index (χ2v) is 4.92. The Labute approximate surface area is 104 Å². The van der Waals surface area contributed by atoms with Gasteiger partial charge in [0.25, 0.3) is 0 Å². The number of allylic oxidation sites excluding steroid dienone is 2. The van der Waals surface area contributed by atoms with Gasteiger partial charge in [-0.25, -0.2) is 0 Å². The van der Waals surface area contributed by atoms with Crippen LogP contribution in [0.5, 0.6) is 0 Å². The van der Waals surface area contributed by atoms with Crippen LogP contribution in [-0.2, 0) is 9.53 Å². The summed E-state index contributed by atoms with van der Waals surface area (Å²) in [5, 5.41) is 13.5. The second kappa shape index (κ2) is 4.57. The highest BCUT2D eigenvalue weighted by molar-refractivity contribution is 5.91. The molecule has 1 aliphatic heterocycles. The Morgan fingerprint density at radius 1 is 1.33 bits per heavy atom. The molecule has 0 spiro atoms. The van der Waals surface area contributed by atoms with E-state index in [0.29, 0.717) is 31.1 Å². The predicted octanol–water partition coefficient (Wildman–Crippen LogP) is 2.07. The SMILES string of the molecule is O=C1C=C(O)CC(c2cc(C3CCOC3)no2)C1. The molecule has 0 aromatic carbocycles. The Hall–Kier alpha value is -1.62. The number of aliphatic hydroxyl groups is 1. The molecule has 96 valence electrons. The highest BCUT2D eigenvalue weighted by atomic mass is 16.5. The van der Waals surface area contributed by atoms with E-state index in [1.54, 1.807) is 0 Å². The minimum atomic E-state index is -0.0916. The normalized spacial score (nSPS) is 28.4. The molecule has 1 aromatic rings. The quantitative estimate of drug-likeness (QED) is 0.868. The van der Waals surface area contributed by atoms with Crippen molar-refractivity contribution in [2.45, 2.75) is 31.1 Å². The molecule has 2 unspecified atom stereocenters. The van der Waals surface area contributed by atoms with Crippen LogP contribution < -0.4 is 0 Å². The van der Waals surface area contributed by atoms with Crippen LogP contribution in [0.3, 0.4) is 0 Å². The van der Waals surface area contributed by atoms with E-state index in [-0.39, 0.29) is 17.5 Å². The first kappa shape index (κ1) is 11.5. The maximum atomic E-state index is 11.4. The average Bonchev–Trinajstić information content (AvgIpc) is 2.99. The van der Waals surface area contributed by atoms with Crippen molar-refractivity contribution in [3.05, 3.63) is 29.4 Å². The predicted molar refractivity (Wildman–Crippen MR) is 62.4 cm³/mol. The molecule has 1 fully saturated rings. The van der Waals surface area contributed by atoms with Gasteiger partial charge in [-0.15, -0.1) is 0 Å². The molecule has 18 heavy (non-hydrogen) atoms. The summed E-state index contributed by atoms with van der Waals surface area (Å²) in [4.78, 5) is 11.4. The van der Waals surface area contributed by atoms with Gasteiger partial charge in [0.05, 0.1) is 18.1 Å². The molecular formula is C13H15NO4. The van der Waals surface area contributed by atoms with Crippen LogP contribution in [-0.4, -0.2) is 29.3 Å². The number of hydrogen-bond donors (Lipinski definition) is 1. The smallest absolute Gasteiger partial charge is 0.159 e. The van der Waals surface area contributed by atoms with Crippen molar-refractivity contribution in [3.63, 3.8) is 0 Å². The van der Waals surface area contributed by atoms with E-state index in [1.807, 2.05) is 6.07 Å². The number of aliphatic hydroxyl groups excluding tert-OH is 1. The summed E-state index contributed by atoms with van der Waals surface area (Å²) >= 11 is 0. The van der Waals surface area contributed by atoms with Gasteiger partial charge in [-0.2, -0.15) is 0 Å². The number of nitrogens with zero attached hydrogens (tertiary/aromatic N) is 1. The lowest BCUT2D eigenvalue weighted by Crippen LogP contribution is -2.12. The molecule has 1 saturated heterocycles. The van der Waals surface area contributed by atoms with Crippen molar-refractivity contribution in [1.82, 2.24) is 5.16 Å². The third-order valence-electron chi connectivity index (χ3n) is 3.53. The Balaban J connectivity index is 1.77. The Morgan fingerprint density at radius 2 is 2.22 bits per heavy atom. The molecule has 1 aromatic heterocycles. The monoisotopic (exact) mass is 249 g/mol. The van der Waals surface area contributed by atoms with Gasteiger partial charge in [-0.3, -0.25) is 4.79 Å². The number of carbonyl (C=O) groups excluding carboxylic acids is 1. The molecule has 2 aliphatic rings. The van der Waals surface area contributed by atoms with Crippen LogP contribution in [0.15, 0.2) is 22.4 Å². The number of aromatic nitrogens is 1. The van der Waals surface area contributed by atoms with E-state index in [9.17, 15) is 9.90 Å². The van der Waals surface area contributed by atoms with Crippen LogP contribution in [0, 0.1) is 0 Å². The fourth-order valence-corrected chi connectivity index (χ4v) is 2.53. The van der Waals surface area contributed by atoms with Crippen molar-refractivity contribution in [3.8, 4) is 0 Å². The molecule has 2 heterocycles. The van der Waals surface area contributed by atoms with Crippen LogP contribution >= 0.6 is 0 Å². The Morgan fingerprint density at radius 3 is 2.94 bits per heavy atom. The number of hydrogen-bond acceptors (Lipinski definition) is 5. The zero-order valence-electron chi connectivity index (χ0n) is 9.96. The summed E-state index contributed by atoms with van der Waals surface area (Å²) in [7, 11) is 0. The molecule has 2 atom stereocenters. The zero-order chi connectivity index (χ0) is 12.5. The fraction of sp³-hybridized carbons (Fsp3) is 0.538. The van der Waals surface area contributed by atoms with Crippen molar-refractivity contribution in [2.75, 3.05) is 13.2 Å². The molecule has 0 saturated carbocycles. The first-order valence-corrected chi connectivity index (χ1v) is 6.19. The van der Waals surface area contributed by atoms with Gasteiger partial charge < -0.3 is 14.4 Å². The van der Waals surface area contributed by atoms with Crippen LogP contribution in [0.1, 0.15) is 42.6 Å². The minimum absolute atomic E-state index is 0.0640. The van der Waals surface area contributed by atoms with Crippen molar-refractivity contribution in [1.29, 1.82) is 0 Å². The summed E-state index contributed by atoms with van der Waals surface area (Å²) in [6.45, 7) is 1.44. The third kappa shape index (κ3) is 2.18. The van der Waals surface area contributed by atoms with Gasteiger partial charge in [0, 0.05) is 43.4 Å². The van der Waals surface area contributed by atoms with Crippen LogP contribution in [0.2, 0.25) is 0 Å². The largest absolute Gasteiger partial charge is 0.512 e. The van der Waals surface area contributed by atoms with E-state index in [1.165, 1.54) is 6.08 Å². The molecular weight excluding hydrogens is 234 g/mol. The summed E-state index contributed by atoms with van der Waals surface area (Å²) in [6, 6.07) is 1.90. The summed E-state index contributed by atoms with van der Waals surface area (Å²) in [5.74, 6) is 0.950. The highest BCUT2D eigenvalue weighted by Gasteiger charge is 2.28. The van der Waals surface area contributed by atoms with Crippen molar-refractivity contribution in [2.24, 2.45) is 0 Å². The molecule has 0 bridgehead atoms. The molecule has 0 amide bonds. The van der Waals surface area contributed by atoms with E-state index < -0.39 is 0 Å². The van der Waals surface area contributed by atoms with E-state index in [4.69, 9.17) is 9.26 Å². The maximum absolute atomic E-state index is 11.4. The molecule has 1 aliphatic carbocycles. The topological polar surface area (TPSA) is 72.6 Å². The van der Waals surface area contributed by atoms with E-state index in [0.717, 1.165) is 18.7 Å². The fourth-order valence-electron chi connectivity index (χ4n) is 2.53. The number of rotatable bonds is 2. The van der Waals surface area contributed by atoms with Gasteiger partial charge >= 0.3 is 0 Å². The molecule has 0 radical (unpaired) electrons. The Kier molecular flexibility index (Phi) is 2.91. The van der Waals surface area contributed by atoms with Gasteiger partial charge in [0.15, 0.2) is 5.78 Å². The summed E-state index contributed by atoms with van der Waals surface area (Å²) in [5.41, 5.74) is 0.893. The van der Waals surface area contributed by atoms with E-state index in [2.05, 4.69) is 5.16 Å². The van der Waals surface area contributed by atoms with Crippen LogP contribution in [0.4, 0.5) is 0 Å². The maximum Gasteiger partial charge on any atom is 0.159 e. The number of carbonyl (C=O) groups is 1. The number of ketones is 1. The molecule has 1 N–H and O–H groups in total. The Bertz CT molecular complexity index is 485. The lowest BCUT2D eigenvalue weighted by molar-refractivity contribution is -0.115. The van der Waals surface area contributed by atoms with Crippen molar-refractivity contribution >= 4 is 5.78 Å². The standard InChI is InChI=1S/C13H15NO4/c15-10-3-9(4-11(16)5-10)13-6-12(14-18-13)8-1-2-17-7-8/h5-6,8-9,15H,1-4,7H2. The van der Waals surface area contributed by atoms with Gasteiger partial charge in [0.2, 0.25) is 0 Å². The zero-order valence-corrected chi connectivity index (χ0v) is 9.96. The van der Waals surface area contributed by atoms with Gasteiger partial charge in [-0.05, 0) is 6.42 Å². The lowest BCUT2D eigenvalue weighted by atomic mass is 9.89. The molecule has 5 nitrogen and oxygen atoms in total. The molecule has 5 heteroatoms. The van der Waals surface area contributed by atoms with Crippen LogP contribution in [0.25, 0.3) is 0 Å². The van der Waals surface area contributed by atoms with E-state index >= 15 is 0 Å². The molecule has 3 rings (SSSR count). The van der Waals surface area contributed by atoms with Crippen molar-refractivity contribution < 1.29 is 19.2 Å². The van der Waals surface area contributed by atoms with Gasteiger partial charge in [0.1, 0.15) is 5.76 Å². The van der Waals surface area contributed by atoms with Gasteiger partial charge in [-0.1, -0.05) is 5.16 Å². The number of ether oxygens (including phenoxy) is 1. The lowest BCUT2D eigenvalue weighted by Gasteiger charge is -2.15.